The molecule has 0 aliphatic carbocycles. The Bertz CT molecular complexity index is 773. The summed E-state index contributed by atoms with van der Waals surface area (Å²) in [6.07, 6.45) is -4.25. The smallest absolute Gasteiger partial charge is 0.392 e. The van der Waals surface area contributed by atoms with Gasteiger partial charge in [-0.05, 0) is 23.8 Å². The standard InChI is InChI=1S/C16H12F3NO4/c17-16(18,19)8-2-1-3-9(5-8)20-14(22)11-10-4-7(6-21)13(24-10)12(11)15(20)23/h1-5,10-13,21H,6H2/t10-,11-,12-,13+/m0/s1. The highest BCUT2D eigenvalue weighted by Crippen LogP contribution is 2.49. The first kappa shape index (κ1) is 15.3. The summed E-state index contributed by atoms with van der Waals surface area (Å²) in [6, 6.07) is 4.14. The second-order valence-corrected chi connectivity index (χ2v) is 6.03. The maximum atomic E-state index is 12.9. The summed E-state index contributed by atoms with van der Waals surface area (Å²) in [5.41, 5.74) is -0.487. The molecule has 2 saturated heterocycles. The van der Waals surface area contributed by atoms with Crippen molar-refractivity contribution in [2.45, 2.75) is 18.4 Å². The van der Waals surface area contributed by atoms with Crippen LogP contribution in [0.3, 0.4) is 0 Å². The Kier molecular flexibility index (Phi) is 3.14. The number of fused-ring (bicyclic) bond motifs is 5. The van der Waals surface area contributed by atoms with Crippen LogP contribution in [0.25, 0.3) is 0 Å². The molecule has 4 rings (SSSR count). The van der Waals surface area contributed by atoms with Gasteiger partial charge in [-0.25, -0.2) is 4.90 Å². The molecule has 2 fully saturated rings. The predicted octanol–water partition coefficient (Wildman–Crippen LogP) is 1.51. The molecule has 8 heteroatoms. The SMILES string of the molecule is O=C1[C@@H]2[C@H](C(=O)N1c1cccc(C(F)(F)F)c1)[C@@H]1O[C@H]2C=C1CO. The number of halogens is 3. The minimum Gasteiger partial charge on any atom is -0.392 e. The van der Waals surface area contributed by atoms with E-state index in [0.717, 1.165) is 23.1 Å². The van der Waals surface area contributed by atoms with Crippen molar-refractivity contribution < 1.29 is 32.6 Å². The van der Waals surface area contributed by atoms with E-state index in [0.29, 0.717) is 5.57 Å². The van der Waals surface area contributed by atoms with Crippen LogP contribution in [-0.2, 0) is 20.5 Å². The van der Waals surface area contributed by atoms with Gasteiger partial charge in [0, 0.05) is 0 Å². The number of hydrogen-bond donors (Lipinski definition) is 1. The fourth-order valence-electron chi connectivity index (χ4n) is 3.70. The van der Waals surface area contributed by atoms with Gasteiger partial charge in [-0.1, -0.05) is 12.1 Å². The minimum atomic E-state index is -4.56. The molecule has 126 valence electrons. The average Bonchev–Trinajstić information content (AvgIpc) is 3.18. The topological polar surface area (TPSA) is 66.8 Å². The fraction of sp³-hybridized carbons (Fsp3) is 0.375. The molecule has 0 saturated carbocycles. The number of ether oxygens (including phenoxy) is 1. The van der Waals surface area contributed by atoms with Gasteiger partial charge >= 0.3 is 6.18 Å². The molecular formula is C16H12F3NO4. The van der Waals surface area contributed by atoms with Crippen molar-refractivity contribution in [2.75, 3.05) is 11.5 Å². The van der Waals surface area contributed by atoms with Gasteiger partial charge in [0.1, 0.15) is 0 Å². The van der Waals surface area contributed by atoms with Gasteiger partial charge in [-0.2, -0.15) is 13.2 Å². The highest BCUT2D eigenvalue weighted by molar-refractivity contribution is 6.23. The maximum Gasteiger partial charge on any atom is 0.416 e. The number of carbonyl (C=O) groups is 2. The zero-order valence-electron chi connectivity index (χ0n) is 12.2. The lowest BCUT2D eigenvalue weighted by atomic mass is 9.81. The molecule has 2 bridgehead atoms. The molecule has 1 N–H and O–H groups in total. The number of anilines is 1. The van der Waals surface area contributed by atoms with Crippen LogP contribution < -0.4 is 4.90 Å². The van der Waals surface area contributed by atoms with Crippen LogP contribution in [-0.4, -0.2) is 35.7 Å². The van der Waals surface area contributed by atoms with Gasteiger partial charge < -0.3 is 9.84 Å². The predicted molar refractivity (Wildman–Crippen MR) is 74.7 cm³/mol. The van der Waals surface area contributed by atoms with Crippen molar-refractivity contribution in [3.8, 4) is 0 Å². The number of amides is 2. The number of aliphatic hydroxyl groups is 1. The Labute approximate surface area is 134 Å². The Morgan fingerprint density at radius 1 is 1.17 bits per heavy atom. The van der Waals surface area contributed by atoms with Crippen LogP contribution in [0.5, 0.6) is 0 Å². The number of benzene rings is 1. The molecule has 3 aliphatic heterocycles. The van der Waals surface area contributed by atoms with Gasteiger partial charge in [0.15, 0.2) is 0 Å². The van der Waals surface area contributed by atoms with E-state index in [1.807, 2.05) is 0 Å². The molecule has 3 aliphatic rings. The third-order valence-corrected chi connectivity index (χ3v) is 4.74. The van der Waals surface area contributed by atoms with E-state index in [9.17, 15) is 27.9 Å². The summed E-state index contributed by atoms with van der Waals surface area (Å²) >= 11 is 0. The Balaban J connectivity index is 1.71. The average molecular weight is 339 g/mol. The zero-order chi connectivity index (χ0) is 17.2. The highest BCUT2D eigenvalue weighted by Gasteiger charge is 2.63. The Morgan fingerprint density at radius 2 is 1.88 bits per heavy atom. The van der Waals surface area contributed by atoms with E-state index in [1.165, 1.54) is 6.07 Å². The summed E-state index contributed by atoms with van der Waals surface area (Å²) in [6.45, 7) is -0.282. The number of aliphatic hydroxyl groups excluding tert-OH is 1. The van der Waals surface area contributed by atoms with E-state index in [4.69, 9.17) is 4.74 Å². The quantitative estimate of drug-likeness (QED) is 0.655. The first-order chi connectivity index (χ1) is 11.3. The van der Waals surface area contributed by atoms with Crippen molar-refractivity contribution in [1.29, 1.82) is 0 Å². The van der Waals surface area contributed by atoms with Crippen LogP contribution in [0.4, 0.5) is 18.9 Å². The van der Waals surface area contributed by atoms with Gasteiger partial charge in [-0.15, -0.1) is 0 Å². The normalized spacial score (nSPS) is 31.7. The van der Waals surface area contributed by atoms with E-state index in [2.05, 4.69) is 0 Å². The fourth-order valence-corrected chi connectivity index (χ4v) is 3.70. The van der Waals surface area contributed by atoms with Gasteiger partial charge in [-0.3, -0.25) is 9.59 Å². The Morgan fingerprint density at radius 3 is 2.54 bits per heavy atom. The molecule has 0 spiro atoms. The molecule has 5 nitrogen and oxygen atoms in total. The van der Waals surface area contributed by atoms with Crippen molar-refractivity contribution in [3.05, 3.63) is 41.5 Å². The van der Waals surface area contributed by atoms with E-state index in [-0.39, 0.29) is 12.3 Å². The summed E-state index contributed by atoms with van der Waals surface area (Å²) < 4.78 is 44.1. The second-order valence-electron chi connectivity index (χ2n) is 6.03. The number of imide groups is 1. The van der Waals surface area contributed by atoms with Crippen LogP contribution in [0.15, 0.2) is 35.9 Å². The van der Waals surface area contributed by atoms with Crippen molar-refractivity contribution >= 4 is 17.5 Å². The summed E-state index contributed by atoms with van der Waals surface area (Å²) in [7, 11) is 0. The molecule has 3 heterocycles. The van der Waals surface area contributed by atoms with Crippen LogP contribution in [0.1, 0.15) is 5.56 Å². The van der Waals surface area contributed by atoms with Gasteiger partial charge in [0.2, 0.25) is 11.8 Å². The van der Waals surface area contributed by atoms with Crippen LogP contribution >= 0.6 is 0 Å². The first-order valence-electron chi connectivity index (χ1n) is 7.35. The molecule has 1 aromatic rings. The third-order valence-electron chi connectivity index (χ3n) is 4.74. The molecule has 0 radical (unpaired) electrons. The van der Waals surface area contributed by atoms with E-state index in [1.54, 1.807) is 6.08 Å². The van der Waals surface area contributed by atoms with Gasteiger partial charge in [0.05, 0.1) is 41.9 Å². The first-order valence-corrected chi connectivity index (χ1v) is 7.35. The summed E-state index contributed by atoms with van der Waals surface area (Å²) in [5.74, 6) is -2.68. The molecule has 4 atom stereocenters. The molecular weight excluding hydrogens is 327 g/mol. The number of nitrogens with zero attached hydrogens (tertiary/aromatic N) is 1. The van der Waals surface area contributed by atoms with Crippen LogP contribution in [0, 0.1) is 11.8 Å². The third kappa shape index (κ3) is 1.96. The maximum absolute atomic E-state index is 12.9. The highest BCUT2D eigenvalue weighted by atomic mass is 19.4. The largest absolute Gasteiger partial charge is 0.416 e. The number of hydrogen-bond acceptors (Lipinski definition) is 4. The van der Waals surface area contributed by atoms with Crippen molar-refractivity contribution in [2.24, 2.45) is 11.8 Å². The van der Waals surface area contributed by atoms with E-state index >= 15 is 0 Å². The van der Waals surface area contributed by atoms with E-state index < -0.39 is 47.6 Å². The molecule has 0 unspecified atom stereocenters. The minimum absolute atomic E-state index is 0.0980. The van der Waals surface area contributed by atoms with Crippen LogP contribution in [0.2, 0.25) is 0 Å². The lowest BCUT2D eigenvalue weighted by Crippen LogP contribution is -2.35. The molecule has 2 amide bonds. The molecule has 1 aromatic carbocycles. The zero-order valence-corrected chi connectivity index (χ0v) is 12.2. The van der Waals surface area contributed by atoms with Gasteiger partial charge in [0.25, 0.3) is 0 Å². The molecule has 0 aromatic heterocycles. The number of rotatable bonds is 2. The number of alkyl halides is 3. The monoisotopic (exact) mass is 339 g/mol. The molecule has 24 heavy (non-hydrogen) atoms. The van der Waals surface area contributed by atoms with Crippen molar-refractivity contribution in [1.82, 2.24) is 0 Å². The Hall–Kier alpha value is -2.19. The van der Waals surface area contributed by atoms with Crippen molar-refractivity contribution in [3.63, 3.8) is 0 Å². The lowest BCUT2D eigenvalue weighted by Gasteiger charge is -2.19. The summed E-state index contributed by atoms with van der Waals surface area (Å²) in [5, 5.41) is 9.29. The summed E-state index contributed by atoms with van der Waals surface area (Å²) in [4.78, 5) is 26.0. The second kappa shape index (κ2) is 4.90. The lowest BCUT2D eigenvalue weighted by molar-refractivity contribution is -0.137. The number of carbonyl (C=O) groups excluding carboxylic acids is 2.